The van der Waals surface area contributed by atoms with Crippen molar-refractivity contribution in [3.05, 3.63) is 23.0 Å². The van der Waals surface area contributed by atoms with E-state index in [1.165, 1.54) is 11.1 Å². The zero-order chi connectivity index (χ0) is 20.2. The summed E-state index contributed by atoms with van der Waals surface area (Å²) in [6, 6.07) is 0. The maximum atomic E-state index is 13.8. The maximum absolute atomic E-state index is 13.8. The summed E-state index contributed by atoms with van der Waals surface area (Å²) < 4.78 is 27.6. The highest BCUT2D eigenvalue weighted by atomic mass is 19.3. The van der Waals surface area contributed by atoms with E-state index in [1.54, 1.807) is 6.92 Å². The minimum absolute atomic E-state index is 0.0219. The van der Waals surface area contributed by atoms with E-state index in [4.69, 9.17) is 0 Å². The van der Waals surface area contributed by atoms with Crippen molar-refractivity contribution in [3.63, 3.8) is 0 Å². The first-order valence-corrected chi connectivity index (χ1v) is 10.2. The highest BCUT2D eigenvalue weighted by Gasteiger charge is 2.31. The molecule has 26 heavy (non-hydrogen) atoms. The van der Waals surface area contributed by atoms with Gasteiger partial charge in [0.1, 0.15) is 5.82 Å². The van der Waals surface area contributed by atoms with Crippen molar-refractivity contribution in [2.75, 3.05) is 6.54 Å². The van der Waals surface area contributed by atoms with E-state index in [-0.39, 0.29) is 24.7 Å². The summed E-state index contributed by atoms with van der Waals surface area (Å²) in [6.45, 7) is 14.6. The number of nitrogens with zero attached hydrogens (tertiary/aromatic N) is 1. The highest BCUT2D eigenvalue weighted by Crippen LogP contribution is 2.32. The molecule has 0 fully saturated rings. The molecule has 0 radical (unpaired) electrons. The van der Waals surface area contributed by atoms with E-state index < -0.39 is 5.92 Å². The molecule has 4 heteroatoms. The number of hydrogen-bond donors (Lipinski definition) is 1. The lowest BCUT2D eigenvalue weighted by atomic mass is 9.85. The summed E-state index contributed by atoms with van der Waals surface area (Å²) in [5, 5.41) is 3.45. The zero-order valence-corrected chi connectivity index (χ0v) is 18.0. The molecule has 0 aliphatic rings. The quantitative estimate of drug-likeness (QED) is 0.343. The van der Waals surface area contributed by atoms with E-state index >= 15 is 0 Å². The molecule has 0 heterocycles. The number of halogens is 2. The fourth-order valence-corrected chi connectivity index (χ4v) is 2.96. The summed E-state index contributed by atoms with van der Waals surface area (Å²) in [6.07, 6.45) is 7.66. The van der Waals surface area contributed by atoms with E-state index in [2.05, 4.69) is 44.1 Å². The number of allylic oxidation sites excluding steroid dienone is 3. The molecule has 2 atom stereocenters. The lowest BCUT2D eigenvalue weighted by molar-refractivity contribution is -0.0319. The smallest absolute Gasteiger partial charge is 0.248 e. The molecule has 0 aliphatic heterocycles. The predicted molar refractivity (Wildman–Crippen MR) is 111 cm³/mol. The van der Waals surface area contributed by atoms with Gasteiger partial charge in [-0.25, -0.2) is 13.8 Å². The second-order valence-electron chi connectivity index (χ2n) is 7.28. The lowest BCUT2D eigenvalue weighted by Gasteiger charge is -2.28. The Kier molecular flexibility index (Phi) is 12.5. The lowest BCUT2D eigenvalue weighted by Crippen LogP contribution is -2.30. The Morgan fingerprint density at radius 3 is 2.27 bits per heavy atom. The van der Waals surface area contributed by atoms with Crippen molar-refractivity contribution in [2.24, 2.45) is 16.8 Å². The molecule has 0 aromatic carbocycles. The first-order valence-electron chi connectivity index (χ1n) is 10.2. The van der Waals surface area contributed by atoms with Crippen molar-refractivity contribution in [3.8, 4) is 0 Å². The van der Waals surface area contributed by atoms with Crippen LogP contribution in [0.3, 0.4) is 0 Å². The topological polar surface area (TPSA) is 24.4 Å². The van der Waals surface area contributed by atoms with Crippen LogP contribution in [0.1, 0.15) is 87.0 Å². The largest absolute Gasteiger partial charge is 0.370 e. The Labute approximate surface area is 160 Å². The molecule has 0 saturated carbocycles. The SMILES string of the molecule is C\C=C(/C=N/C(NC[C@@H](CCC)C(C)CC(F)(F)CC)=C(/C)CC)CC. The third-order valence-electron chi connectivity index (χ3n) is 5.21. The molecule has 0 aromatic rings. The van der Waals surface area contributed by atoms with Gasteiger partial charge in [-0.15, -0.1) is 0 Å². The molecule has 152 valence electrons. The zero-order valence-electron chi connectivity index (χ0n) is 18.0. The Morgan fingerprint density at radius 2 is 1.81 bits per heavy atom. The van der Waals surface area contributed by atoms with Crippen LogP contribution in [0.15, 0.2) is 28.0 Å². The van der Waals surface area contributed by atoms with Gasteiger partial charge in [-0.3, -0.25) is 0 Å². The minimum atomic E-state index is -2.57. The van der Waals surface area contributed by atoms with Crippen LogP contribution in [-0.4, -0.2) is 18.7 Å². The van der Waals surface area contributed by atoms with Gasteiger partial charge in [0, 0.05) is 25.6 Å². The molecule has 0 amide bonds. The number of aliphatic imine (C=N–C) groups is 1. The van der Waals surface area contributed by atoms with Gasteiger partial charge in [-0.1, -0.05) is 47.1 Å². The van der Waals surface area contributed by atoms with Gasteiger partial charge in [0.05, 0.1) is 0 Å². The van der Waals surface area contributed by atoms with E-state index in [0.29, 0.717) is 6.54 Å². The monoisotopic (exact) mass is 370 g/mol. The second kappa shape index (κ2) is 13.1. The molecule has 0 saturated heterocycles. The highest BCUT2D eigenvalue weighted by molar-refractivity contribution is 5.79. The van der Waals surface area contributed by atoms with Crippen LogP contribution in [0.2, 0.25) is 0 Å². The predicted octanol–water partition coefficient (Wildman–Crippen LogP) is 7.13. The number of nitrogens with one attached hydrogen (secondary N) is 1. The van der Waals surface area contributed by atoms with Crippen molar-refractivity contribution in [2.45, 2.75) is 92.9 Å². The van der Waals surface area contributed by atoms with Crippen LogP contribution >= 0.6 is 0 Å². The molecule has 0 aromatic heterocycles. The number of alkyl halides is 2. The van der Waals surface area contributed by atoms with Gasteiger partial charge in [0.15, 0.2) is 0 Å². The molecule has 0 bridgehead atoms. The average molecular weight is 371 g/mol. The fourth-order valence-electron chi connectivity index (χ4n) is 2.96. The standard InChI is InChI=1S/C22H40F2N2/c1-8-13-20(18(7)14-22(23,24)12-5)16-26-21(17(6)9-2)25-15-19(10-3)11-4/h10,15,18,20,26H,8-9,11-14,16H2,1-7H3/b19-10-,21-17+,25-15+/t18?,20-/m1/s1. The van der Waals surface area contributed by atoms with Crippen LogP contribution in [0.4, 0.5) is 8.78 Å². The van der Waals surface area contributed by atoms with Gasteiger partial charge in [-0.05, 0) is 56.1 Å². The fraction of sp³-hybridized carbons (Fsp3) is 0.773. The van der Waals surface area contributed by atoms with Gasteiger partial charge in [-0.2, -0.15) is 0 Å². The van der Waals surface area contributed by atoms with Crippen molar-refractivity contribution < 1.29 is 8.78 Å². The summed E-state index contributed by atoms with van der Waals surface area (Å²) >= 11 is 0. The van der Waals surface area contributed by atoms with Crippen molar-refractivity contribution in [1.29, 1.82) is 0 Å². The number of hydrogen-bond acceptors (Lipinski definition) is 2. The van der Waals surface area contributed by atoms with Crippen LogP contribution in [0.5, 0.6) is 0 Å². The van der Waals surface area contributed by atoms with E-state index in [0.717, 1.165) is 31.5 Å². The molecule has 1 unspecified atom stereocenters. The van der Waals surface area contributed by atoms with Crippen LogP contribution in [-0.2, 0) is 0 Å². The maximum Gasteiger partial charge on any atom is 0.248 e. The Bertz CT molecular complexity index is 479. The Balaban J connectivity index is 5.14. The molecule has 0 spiro atoms. The van der Waals surface area contributed by atoms with Crippen molar-refractivity contribution in [1.82, 2.24) is 5.32 Å². The summed E-state index contributed by atoms with van der Waals surface area (Å²) in [5.41, 5.74) is 2.38. The average Bonchev–Trinajstić information content (AvgIpc) is 2.62. The first kappa shape index (κ1) is 24.8. The molecular weight excluding hydrogens is 330 g/mol. The molecule has 1 N–H and O–H groups in total. The normalized spacial score (nSPS) is 16.6. The first-order chi connectivity index (χ1) is 12.2. The van der Waals surface area contributed by atoms with Crippen LogP contribution < -0.4 is 5.32 Å². The summed E-state index contributed by atoms with van der Waals surface area (Å²) in [5.74, 6) is -1.48. The van der Waals surface area contributed by atoms with Gasteiger partial charge in [0.25, 0.3) is 0 Å². The molecule has 0 rings (SSSR count). The molecule has 0 aliphatic carbocycles. The third-order valence-corrected chi connectivity index (χ3v) is 5.21. The Morgan fingerprint density at radius 1 is 1.15 bits per heavy atom. The van der Waals surface area contributed by atoms with Crippen molar-refractivity contribution >= 4 is 6.21 Å². The van der Waals surface area contributed by atoms with E-state index in [1.807, 2.05) is 20.1 Å². The summed E-state index contributed by atoms with van der Waals surface area (Å²) in [4.78, 5) is 4.65. The van der Waals surface area contributed by atoms with Gasteiger partial charge in [0.2, 0.25) is 5.92 Å². The number of rotatable bonds is 13. The molecular formula is C22H40F2N2. The van der Waals surface area contributed by atoms with Gasteiger partial charge < -0.3 is 5.32 Å². The van der Waals surface area contributed by atoms with E-state index in [9.17, 15) is 8.78 Å². The van der Waals surface area contributed by atoms with Crippen LogP contribution in [0, 0.1) is 11.8 Å². The Hall–Kier alpha value is -1.19. The van der Waals surface area contributed by atoms with Crippen LogP contribution in [0.25, 0.3) is 0 Å². The van der Waals surface area contributed by atoms with Gasteiger partial charge >= 0.3 is 0 Å². The second-order valence-corrected chi connectivity index (χ2v) is 7.28. The minimum Gasteiger partial charge on any atom is -0.370 e. The molecule has 2 nitrogen and oxygen atoms in total. The summed E-state index contributed by atoms with van der Waals surface area (Å²) in [7, 11) is 0. The third kappa shape index (κ3) is 9.49.